The summed E-state index contributed by atoms with van der Waals surface area (Å²) in [4.78, 5) is 49.9. The molecule has 2 atom stereocenters. The number of esters is 1. The number of nitrogens with zero attached hydrogens (tertiary/aromatic N) is 1. The van der Waals surface area contributed by atoms with Gasteiger partial charge in [0, 0.05) is 6.54 Å². The van der Waals surface area contributed by atoms with Gasteiger partial charge in [-0.3, -0.25) is 4.79 Å². The first-order valence-electron chi connectivity index (χ1n) is 9.73. The molecule has 0 aliphatic carbocycles. The van der Waals surface area contributed by atoms with Crippen LogP contribution in [0, 0.1) is 5.92 Å². The quantitative estimate of drug-likeness (QED) is 0.653. The van der Waals surface area contributed by atoms with Crippen LogP contribution in [0.2, 0.25) is 0 Å². The lowest BCUT2D eigenvalue weighted by atomic mass is 10.1. The van der Waals surface area contributed by atoms with Crippen molar-refractivity contribution in [2.45, 2.75) is 25.7 Å². The van der Waals surface area contributed by atoms with Gasteiger partial charge in [0.25, 0.3) is 0 Å². The average Bonchev–Trinajstić information content (AvgIpc) is 3.12. The zero-order chi connectivity index (χ0) is 22.2. The first kappa shape index (κ1) is 21.8. The van der Waals surface area contributed by atoms with Crippen molar-refractivity contribution in [3.63, 3.8) is 0 Å². The van der Waals surface area contributed by atoms with Crippen LogP contribution in [0.4, 0.5) is 9.59 Å². The summed E-state index contributed by atoms with van der Waals surface area (Å²) in [6, 6.07) is 16.0. The largest absolute Gasteiger partial charge is 0.459 e. The van der Waals surface area contributed by atoms with Gasteiger partial charge < -0.3 is 20.5 Å². The Morgan fingerprint density at radius 3 is 2.03 bits per heavy atom. The molecule has 3 N–H and O–H groups in total. The van der Waals surface area contributed by atoms with Crippen LogP contribution in [0.15, 0.2) is 60.7 Å². The molecule has 1 aliphatic rings. The number of benzene rings is 2. The minimum absolute atomic E-state index is 0.00146. The highest BCUT2D eigenvalue weighted by molar-refractivity contribution is 6.00. The maximum atomic E-state index is 12.8. The topological polar surface area (TPSA) is 128 Å². The number of hydrogen-bond donors (Lipinski definition) is 2. The Bertz CT molecular complexity index is 935. The van der Waals surface area contributed by atoms with Gasteiger partial charge in [-0.05, 0) is 17.5 Å². The van der Waals surface area contributed by atoms with Gasteiger partial charge in [0.05, 0.1) is 5.92 Å². The van der Waals surface area contributed by atoms with Gasteiger partial charge in [0.1, 0.15) is 19.3 Å². The van der Waals surface area contributed by atoms with Crippen molar-refractivity contribution in [2.75, 3.05) is 6.54 Å². The van der Waals surface area contributed by atoms with Crippen molar-refractivity contribution >= 4 is 24.0 Å². The fourth-order valence-electron chi connectivity index (χ4n) is 3.25. The first-order chi connectivity index (χ1) is 15.0. The van der Waals surface area contributed by atoms with Gasteiger partial charge in [-0.1, -0.05) is 60.7 Å². The van der Waals surface area contributed by atoms with Gasteiger partial charge in [-0.15, -0.1) is 0 Å². The monoisotopic (exact) mass is 425 g/mol. The molecule has 2 aromatic rings. The molecular formula is C22H23N3O6. The lowest BCUT2D eigenvalue weighted by Crippen LogP contribution is -2.44. The number of carbonyl (C=O) groups excluding carboxylic acids is 4. The van der Waals surface area contributed by atoms with Crippen molar-refractivity contribution < 1.29 is 28.7 Å². The molecule has 0 spiro atoms. The van der Waals surface area contributed by atoms with Crippen molar-refractivity contribution in [2.24, 2.45) is 11.7 Å². The van der Waals surface area contributed by atoms with Gasteiger partial charge in [0.15, 0.2) is 0 Å². The maximum Gasteiger partial charge on any atom is 0.417 e. The second kappa shape index (κ2) is 10.2. The highest BCUT2D eigenvalue weighted by Crippen LogP contribution is 2.27. The van der Waals surface area contributed by atoms with Gasteiger partial charge >= 0.3 is 18.1 Å². The van der Waals surface area contributed by atoms with Crippen LogP contribution in [0.5, 0.6) is 0 Å². The molecule has 4 amide bonds. The van der Waals surface area contributed by atoms with Gasteiger partial charge in [0.2, 0.25) is 5.91 Å². The number of primary amides is 1. The SMILES string of the molecule is NC(=O)NC[C@@H]1C[C@@H](C(=O)OCc2ccccc2)N(C(=O)OCc2ccccc2)C1=O. The molecule has 3 rings (SSSR count). The van der Waals surface area contributed by atoms with E-state index in [-0.39, 0.29) is 26.2 Å². The molecular weight excluding hydrogens is 402 g/mol. The molecule has 0 bridgehead atoms. The molecule has 1 saturated heterocycles. The molecule has 0 aromatic heterocycles. The normalized spacial score (nSPS) is 17.8. The third-order valence-corrected chi connectivity index (χ3v) is 4.83. The summed E-state index contributed by atoms with van der Waals surface area (Å²) in [5.41, 5.74) is 6.57. The summed E-state index contributed by atoms with van der Waals surface area (Å²) in [7, 11) is 0. The van der Waals surface area contributed by atoms with Crippen LogP contribution in [0.25, 0.3) is 0 Å². The number of rotatable bonds is 7. The molecule has 162 valence electrons. The number of ether oxygens (including phenoxy) is 2. The van der Waals surface area contributed by atoms with Crippen molar-refractivity contribution in [1.82, 2.24) is 10.2 Å². The summed E-state index contributed by atoms with van der Waals surface area (Å²) in [5.74, 6) is -2.16. The highest BCUT2D eigenvalue weighted by atomic mass is 16.6. The standard InChI is InChI=1S/C22H23N3O6/c23-21(28)24-12-17-11-18(20(27)30-13-15-7-3-1-4-8-15)25(19(17)26)22(29)31-14-16-9-5-2-6-10-16/h1-10,17-18H,11-14H2,(H3,23,24,28)/t17-,18-/m0/s1. The van der Waals surface area contributed by atoms with E-state index in [1.54, 1.807) is 48.5 Å². The van der Waals surface area contributed by atoms with Crippen LogP contribution >= 0.6 is 0 Å². The number of nitrogens with two attached hydrogens (primary N) is 1. The van der Waals surface area contributed by atoms with E-state index < -0.39 is 36.0 Å². The van der Waals surface area contributed by atoms with Crippen LogP contribution in [-0.2, 0) is 32.3 Å². The van der Waals surface area contributed by atoms with Gasteiger partial charge in [-0.25, -0.2) is 19.3 Å². The van der Waals surface area contributed by atoms with Crippen LogP contribution in [0.3, 0.4) is 0 Å². The first-order valence-corrected chi connectivity index (χ1v) is 9.73. The Morgan fingerprint density at radius 1 is 0.935 bits per heavy atom. The second-order valence-electron chi connectivity index (χ2n) is 7.04. The van der Waals surface area contributed by atoms with E-state index in [4.69, 9.17) is 15.2 Å². The zero-order valence-corrected chi connectivity index (χ0v) is 16.7. The fraction of sp³-hybridized carbons (Fsp3) is 0.273. The predicted octanol–water partition coefficient (Wildman–Crippen LogP) is 1.95. The second-order valence-corrected chi connectivity index (χ2v) is 7.04. The smallest absolute Gasteiger partial charge is 0.417 e. The van der Waals surface area contributed by atoms with E-state index in [1.165, 1.54) is 0 Å². The van der Waals surface area contributed by atoms with Gasteiger partial charge in [-0.2, -0.15) is 0 Å². The Balaban J connectivity index is 1.69. The van der Waals surface area contributed by atoms with E-state index in [0.29, 0.717) is 0 Å². The number of amides is 4. The summed E-state index contributed by atoms with van der Waals surface area (Å²) >= 11 is 0. The van der Waals surface area contributed by atoms with Crippen molar-refractivity contribution in [3.8, 4) is 0 Å². The summed E-state index contributed by atoms with van der Waals surface area (Å²) in [6.07, 6.45) is -0.954. The highest BCUT2D eigenvalue weighted by Gasteiger charge is 2.48. The summed E-state index contributed by atoms with van der Waals surface area (Å²) < 4.78 is 10.6. The Kier molecular flexibility index (Phi) is 7.21. The number of nitrogens with one attached hydrogen (secondary N) is 1. The van der Waals surface area contributed by atoms with Crippen molar-refractivity contribution in [3.05, 3.63) is 71.8 Å². The Hall–Kier alpha value is -3.88. The number of likely N-dealkylation sites (tertiary alicyclic amines) is 1. The minimum atomic E-state index is -1.15. The Labute approximate surface area is 179 Å². The molecule has 1 aliphatic heterocycles. The minimum Gasteiger partial charge on any atom is -0.459 e. The molecule has 1 heterocycles. The number of urea groups is 1. The maximum absolute atomic E-state index is 12.8. The van der Waals surface area contributed by atoms with Crippen molar-refractivity contribution in [1.29, 1.82) is 0 Å². The number of carbonyl (C=O) groups is 4. The third-order valence-electron chi connectivity index (χ3n) is 4.83. The van der Waals surface area contributed by atoms with E-state index >= 15 is 0 Å². The molecule has 0 radical (unpaired) electrons. The van der Waals surface area contributed by atoms with E-state index in [9.17, 15) is 19.2 Å². The lowest BCUT2D eigenvalue weighted by molar-refractivity contribution is -0.152. The zero-order valence-electron chi connectivity index (χ0n) is 16.7. The molecule has 9 nitrogen and oxygen atoms in total. The number of hydrogen-bond acceptors (Lipinski definition) is 6. The molecule has 0 saturated carbocycles. The third kappa shape index (κ3) is 5.81. The number of imide groups is 1. The fourth-order valence-corrected chi connectivity index (χ4v) is 3.25. The van der Waals surface area contributed by atoms with E-state index in [1.807, 2.05) is 12.1 Å². The average molecular weight is 425 g/mol. The Morgan fingerprint density at radius 2 is 1.48 bits per heavy atom. The molecule has 1 fully saturated rings. The summed E-state index contributed by atoms with van der Waals surface area (Å²) in [5, 5.41) is 2.34. The van der Waals surface area contributed by atoms with E-state index in [0.717, 1.165) is 16.0 Å². The molecule has 9 heteroatoms. The van der Waals surface area contributed by atoms with E-state index in [2.05, 4.69) is 5.32 Å². The molecule has 31 heavy (non-hydrogen) atoms. The lowest BCUT2D eigenvalue weighted by Gasteiger charge is -2.21. The molecule has 2 aromatic carbocycles. The van der Waals surface area contributed by atoms with Crippen LogP contribution < -0.4 is 11.1 Å². The van der Waals surface area contributed by atoms with Crippen LogP contribution in [-0.4, -0.2) is 41.5 Å². The summed E-state index contributed by atoms with van der Waals surface area (Å²) in [6.45, 7) is -0.153. The van der Waals surface area contributed by atoms with Crippen LogP contribution in [0.1, 0.15) is 17.5 Å². The molecule has 0 unspecified atom stereocenters. The predicted molar refractivity (Wildman–Crippen MR) is 109 cm³/mol.